The van der Waals surface area contributed by atoms with Crippen LogP contribution in [0.15, 0.2) is 21.2 Å². The first kappa shape index (κ1) is 13.4. The topological polar surface area (TPSA) is 48.0 Å². The zero-order valence-corrected chi connectivity index (χ0v) is 12.4. The molecule has 4 nitrogen and oxygen atoms in total. The number of aromatic nitrogens is 2. The molecule has 0 bridgehead atoms. The van der Waals surface area contributed by atoms with Gasteiger partial charge in [0.1, 0.15) is 0 Å². The molecule has 0 N–H and O–H groups in total. The second-order valence-corrected chi connectivity index (χ2v) is 5.03. The van der Waals surface area contributed by atoms with Crippen molar-refractivity contribution < 1.29 is 9.21 Å². The van der Waals surface area contributed by atoms with Crippen LogP contribution in [0.2, 0.25) is 5.02 Å². The zero-order valence-electron chi connectivity index (χ0n) is 10.0. The average molecular weight is 332 g/mol. The van der Waals surface area contributed by atoms with Gasteiger partial charge in [-0.15, -0.1) is 0 Å². The first-order valence-corrected chi connectivity index (χ1v) is 6.70. The monoisotopic (exact) mass is 330 g/mol. The molecule has 0 radical (unpaired) electrons. The van der Waals surface area contributed by atoms with E-state index in [-0.39, 0.29) is 12.2 Å². The second kappa shape index (κ2) is 5.28. The minimum Gasteiger partial charge on any atom is -0.446 e. The summed E-state index contributed by atoms with van der Waals surface area (Å²) in [6.07, 6.45) is 0.188. The van der Waals surface area contributed by atoms with Gasteiger partial charge in [0.15, 0.2) is 10.4 Å². The maximum absolute atomic E-state index is 12.0. The van der Waals surface area contributed by atoms with Crippen molar-refractivity contribution in [3.8, 4) is 0 Å². The molecule has 18 heavy (non-hydrogen) atoms. The van der Waals surface area contributed by atoms with Crippen LogP contribution in [-0.4, -0.2) is 15.6 Å². The average Bonchev–Trinajstić information content (AvgIpc) is 2.88. The summed E-state index contributed by atoms with van der Waals surface area (Å²) in [5.74, 6) is 0.205. The number of hydrogen-bond donors (Lipinski definition) is 0. The number of nitrogens with zero attached hydrogens (tertiary/aromatic N) is 2. The molecule has 0 spiro atoms. The summed E-state index contributed by atoms with van der Waals surface area (Å²) < 4.78 is 7.51. The van der Waals surface area contributed by atoms with E-state index >= 15 is 0 Å². The van der Waals surface area contributed by atoms with Crippen LogP contribution in [0.5, 0.6) is 0 Å². The summed E-state index contributed by atoms with van der Waals surface area (Å²) in [5, 5.41) is 4.82. The van der Waals surface area contributed by atoms with E-state index in [1.54, 1.807) is 16.8 Å². The molecule has 2 heterocycles. The predicted molar refractivity (Wildman–Crippen MR) is 72.1 cm³/mol. The van der Waals surface area contributed by atoms with Gasteiger partial charge < -0.3 is 4.42 Å². The van der Waals surface area contributed by atoms with E-state index in [9.17, 15) is 4.79 Å². The number of Topliss-reactive ketones (excluding diaryl/α,β-unsaturated/α-hetero) is 1. The Balaban J connectivity index is 2.26. The zero-order chi connectivity index (χ0) is 13.3. The maximum Gasteiger partial charge on any atom is 0.204 e. The Morgan fingerprint density at radius 3 is 2.83 bits per heavy atom. The number of carbonyl (C=O) groups excluding carboxylic acids is 1. The number of rotatable bonds is 4. The largest absolute Gasteiger partial charge is 0.446 e. The number of hydrogen-bond acceptors (Lipinski definition) is 3. The Morgan fingerprint density at radius 1 is 1.56 bits per heavy atom. The minimum absolute atomic E-state index is 0.114. The molecule has 0 saturated heterocycles. The molecule has 96 valence electrons. The van der Waals surface area contributed by atoms with Gasteiger partial charge in [0, 0.05) is 6.54 Å². The van der Waals surface area contributed by atoms with Gasteiger partial charge in [-0.2, -0.15) is 5.10 Å². The van der Waals surface area contributed by atoms with Crippen LogP contribution >= 0.6 is 27.5 Å². The van der Waals surface area contributed by atoms with Crippen molar-refractivity contribution >= 4 is 33.3 Å². The first-order valence-electron chi connectivity index (χ1n) is 5.53. The molecule has 2 aromatic heterocycles. The smallest absolute Gasteiger partial charge is 0.204 e. The second-order valence-electron chi connectivity index (χ2n) is 3.87. The van der Waals surface area contributed by atoms with Gasteiger partial charge in [-0.05, 0) is 41.9 Å². The number of furan rings is 1. The number of halogens is 2. The lowest BCUT2D eigenvalue weighted by Crippen LogP contribution is -2.09. The highest BCUT2D eigenvalue weighted by molar-refractivity contribution is 9.10. The maximum atomic E-state index is 12.0. The third-order valence-electron chi connectivity index (χ3n) is 2.63. The van der Waals surface area contributed by atoms with Gasteiger partial charge in [0.2, 0.25) is 5.78 Å². The van der Waals surface area contributed by atoms with Crippen molar-refractivity contribution in [3.05, 3.63) is 39.0 Å². The van der Waals surface area contributed by atoms with E-state index in [0.29, 0.717) is 22.0 Å². The van der Waals surface area contributed by atoms with Crippen LogP contribution in [0.25, 0.3) is 0 Å². The Bertz CT molecular complexity index is 589. The molecule has 0 aliphatic heterocycles. The van der Waals surface area contributed by atoms with E-state index in [1.807, 2.05) is 13.8 Å². The summed E-state index contributed by atoms with van der Waals surface area (Å²) in [7, 11) is 0. The molecule has 2 rings (SSSR count). The lowest BCUT2D eigenvalue weighted by molar-refractivity contribution is 0.0962. The van der Waals surface area contributed by atoms with Crippen molar-refractivity contribution in [2.75, 3.05) is 0 Å². The van der Waals surface area contributed by atoms with Crippen LogP contribution in [0, 0.1) is 6.92 Å². The molecule has 0 unspecified atom stereocenters. The van der Waals surface area contributed by atoms with Crippen molar-refractivity contribution in [3.63, 3.8) is 0 Å². The van der Waals surface area contributed by atoms with E-state index in [0.717, 1.165) is 11.4 Å². The molecule has 0 amide bonds. The third-order valence-corrected chi connectivity index (χ3v) is 3.55. The fraction of sp³-hybridized carbons (Fsp3) is 0.333. The standard InChI is InChI=1S/C12H12BrClN2O2/c1-3-16-8(12(14)7(2)15-16)6-9(17)10-4-5-11(13)18-10/h4-5H,3,6H2,1-2H3. The lowest BCUT2D eigenvalue weighted by atomic mass is 10.1. The molecule has 6 heteroatoms. The van der Waals surface area contributed by atoms with Crippen LogP contribution in [-0.2, 0) is 13.0 Å². The van der Waals surface area contributed by atoms with E-state index in [2.05, 4.69) is 21.0 Å². The molecule has 0 saturated carbocycles. The molecular weight excluding hydrogens is 320 g/mol. The number of carbonyl (C=O) groups is 1. The minimum atomic E-state index is -0.114. The predicted octanol–water partition coefficient (Wildman–Crippen LogP) is 3.65. The van der Waals surface area contributed by atoms with Gasteiger partial charge in [-0.1, -0.05) is 11.6 Å². The summed E-state index contributed by atoms with van der Waals surface area (Å²) in [6.45, 7) is 4.46. The fourth-order valence-electron chi connectivity index (χ4n) is 1.74. The molecule has 0 atom stereocenters. The van der Waals surface area contributed by atoms with Crippen molar-refractivity contribution in [1.29, 1.82) is 0 Å². The molecular formula is C12H12BrClN2O2. The highest BCUT2D eigenvalue weighted by Crippen LogP contribution is 2.23. The fourth-order valence-corrected chi connectivity index (χ4v) is 2.25. The first-order chi connectivity index (χ1) is 8.52. The highest BCUT2D eigenvalue weighted by atomic mass is 79.9. The number of ketones is 1. The van der Waals surface area contributed by atoms with Crippen LogP contribution in [0.3, 0.4) is 0 Å². The Labute approximate surface area is 118 Å². The van der Waals surface area contributed by atoms with Gasteiger partial charge in [0.25, 0.3) is 0 Å². The molecule has 2 aromatic rings. The van der Waals surface area contributed by atoms with Crippen LogP contribution in [0.4, 0.5) is 0 Å². The van der Waals surface area contributed by atoms with E-state index in [1.165, 1.54) is 0 Å². The highest BCUT2D eigenvalue weighted by Gasteiger charge is 2.18. The van der Waals surface area contributed by atoms with Gasteiger partial charge >= 0.3 is 0 Å². The Hall–Kier alpha value is -1.07. The Kier molecular flexibility index (Phi) is 3.92. The summed E-state index contributed by atoms with van der Waals surface area (Å²) in [5.41, 5.74) is 1.47. The summed E-state index contributed by atoms with van der Waals surface area (Å²) >= 11 is 9.32. The van der Waals surface area contributed by atoms with Gasteiger partial charge in [-0.25, -0.2) is 0 Å². The van der Waals surface area contributed by atoms with Crippen LogP contribution in [0.1, 0.15) is 28.9 Å². The summed E-state index contributed by atoms with van der Waals surface area (Å²) in [6, 6.07) is 3.33. The molecule has 0 aliphatic carbocycles. The number of aryl methyl sites for hydroxylation is 2. The summed E-state index contributed by atoms with van der Waals surface area (Å²) in [4.78, 5) is 12.0. The molecule has 0 fully saturated rings. The van der Waals surface area contributed by atoms with Gasteiger partial charge in [0.05, 0.1) is 22.8 Å². The SMILES string of the molecule is CCn1nc(C)c(Cl)c1CC(=O)c1ccc(Br)o1. The normalized spacial score (nSPS) is 10.9. The van der Waals surface area contributed by atoms with Crippen molar-refractivity contribution in [2.24, 2.45) is 0 Å². The quantitative estimate of drug-likeness (QED) is 0.804. The molecule has 0 aromatic carbocycles. The molecule has 0 aliphatic rings. The van der Waals surface area contributed by atoms with Gasteiger partial charge in [-0.3, -0.25) is 9.48 Å². The Morgan fingerprint density at radius 2 is 2.28 bits per heavy atom. The van der Waals surface area contributed by atoms with Crippen molar-refractivity contribution in [1.82, 2.24) is 9.78 Å². The van der Waals surface area contributed by atoms with Crippen molar-refractivity contribution in [2.45, 2.75) is 26.8 Å². The van der Waals surface area contributed by atoms with Crippen LogP contribution < -0.4 is 0 Å². The third kappa shape index (κ3) is 2.52. The lowest BCUT2D eigenvalue weighted by Gasteiger charge is -2.03. The van der Waals surface area contributed by atoms with E-state index < -0.39 is 0 Å². The van der Waals surface area contributed by atoms with E-state index in [4.69, 9.17) is 16.0 Å².